The zero-order chi connectivity index (χ0) is 19.2. The molecule has 0 saturated carbocycles. The number of rotatable bonds is 4. The molecule has 0 radical (unpaired) electrons. The molecule has 1 aliphatic rings. The minimum Gasteiger partial charge on any atom is -0.409 e. The number of nitrogens with zero attached hydrogens (tertiary/aromatic N) is 3. The molecule has 0 amide bonds. The van der Waals surface area contributed by atoms with E-state index in [0.717, 1.165) is 10.0 Å². The van der Waals surface area contributed by atoms with E-state index < -0.39 is 11.4 Å². The Morgan fingerprint density at radius 2 is 2.04 bits per heavy atom. The summed E-state index contributed by atoms with van der Waals surface area (Å²) in [4.78, 5) is 4.27. The van der Waals surface area contributed by atoms with Crippen LogP contribution in [0.5, 0.6) is 0 Å². The quantitative estimate of drug-likeness (QED) is 0.273. The highest BCUT2D eigenvalue weighted by molar-refractivity contribution is 7.92. The van der Waals surface area contributed by atoms with Crippen LogP contribution in [0.25, 0.3) is 22.3 Å². The lowest BCUT2D eigenvalue weighted by Gasteiger charge is -2.36. The van der Waals surface area contributed by atoms with Crippen LogP contribution in [0.4, 0.5) is 8.28 Å². The maximum atomic E-state index is 14.6. The molecule has 10 heteroatoms. The highest BCUT2D eigenvalue weighted by Crippen LogP contribution is 2.33. The lowest BCUT2D eigenvalue weighted by Crippen LogP contribution is -2.46. The zero-order valence-electron chi connectivity index (χ0n) is 13.8. The maximum Gasteiger partial charge on any atom is 0.173 e. The van der Waals surface area contributed by atoms with Gasteiger partial charge in [-0.2, -0.15) is 0 Å². The van der Waals surface area contributed by atoms with E-state index in [9.17, 15) is 13.4 Å². The van der Waals surface area contributed by atoms with Crippen molar-refractivity contribution in [1.29, 1.82) is 0 Å². The molecule has 0 bridgehead atoms. The summed E-state index contributed by atoms with van der Waals surface area (Å²) >= 11 is -0.151. The largest absolute Gasteiger partial charge is 0.409 e. The minimum atomic E-state index is -1.02. The lowest BCUT2D eigenvalue weighted by atomic mass is 9.91. The predicted octanol–water partition coefficient (Wildman–Crippen LogP) is 2.54. The van der Waals surface area contributed by atoms with Gasteiger partial charge in [-0.3, -0.25) is 3.97 Å². The fourth-order valence-electron chi connectivity index (χ4n) is 2.99. The van der Waals surface area contributed by atoms with Gasteiger partial charge in [-0.15, -0.1) is 3.89 Å². The molecule has 0 aliphatic carbocycles. The number of aromatic nitrogens is 2. The summed E-state index contributed by atoms with van der Waals surface area (Å²) in [6.07, 6.45) is 1.27. The highest BCUT2D eigenvalue weighted by Gasteiger charge is 2.37. The molecule has 0 unspecified atom stereocenters. The van der Waals surface area contributed by atoms with Crippen molar-refractivity contribution in [3.8, 4) is 11.3 Å². The van der Waals surface area contributed by atoms with Gasteiger partial charge >= 0.3 is 0 Å². The molecule has 1 fully saturated rings. The molecule has 7 nitrogen and oxygen atoms in total. The molecule has 4 rings (SSSR count). The number of pyridine rings is 1. The van der Waals surface area contributed by atoms with Crippen LogP contribution in [0.15, 0.2) is 41.7 Å². The van der Waals surface area contributed by atoms with E-state index in [-0.39, 0.29) is 53.7 Å². The minimum absolute atomic E-state index is 0.0273. The molecule has 1 saturated heterocycles. The Bertz CT molecular complexity index is 1050. The molecule has 1 aliphatic heterocycles. The van der Waals surface area contributed by atoms with Gasteiger partial charge in [0.2, 0.25) is 0 Å². The van der Waals surface area contributed by atoms with E-state index in [1.54, 1.807) is 24.3 Å². The summed E-state index contributed by atoms with van der Waals surface area (Å²) in [7, 11) is 0. The van der Waals surface area contributed by atoms with Crippen LogP contribution in [-0.2, 0) is 10.3 Å². The van der Waals surface area contributed by atoms with Crippen molar-refractivity contribution >= 4 is 29.2 Å². The Kier molecular flexibility index (Phi) is 4.25. The number of ether oxygens (including phenoxy) is 1. The average molecular weight is 392 g/mol. The number of nitrogens with two attached hydrogens (primary N) is 1. The number of fused-ring (bicyclic) bond motifs is 1. The molecule has 0 atom stereocenters. The second-order valence-electron chi connectivity index (χ2n) is 6.21. The fraction of sp³-hybridized carbons (Fsp3) is 0.176. The van der Waals surface area contributed by atoms with Crippen LogP contribution in [-0.4, -0.2) is 38.3 Å². The van der Waals surface area contributed by atoms with Crippen molar-refractivity contribution in [3.63, 3.8) is 0 Å². The Hall–Kier alpha value is -2.69. The number of halogens is 2. The molecule has 1 aromatic carbocycles. The molecule has 140 valence electrons. The lowest BCUT2D eigenvalue weighted by molar-refractivity contribution is -0.184. The summed E-state index contributed by atoms with van der Waals surface area (Å²) in [5.74, 6) is -0.916. The van der Waals surface area contributed by atoms with Gasteiger partial charge in [-0.05, 0) is 5.56 Å². The number of aliphatic hydroxyl groups is 1. The fourth-order valence-corrected chi connectivity index (χ4v) is 3.35. The van der Waals surface area contributed by atoms with Crippen LogP contribution >= 0.6 is 12.3 Å². The first kappa shape index (κ1) is 17.7. The van der Waals surface area contributed by atoms with E-state index in [1.165, 1.54) is 6.20 Å². The molecule has 3 aromatic rings. The third-order valence-corrected chi connectivity index (χ3v) is 4.98. The Balaban J connectivity index is 1.83. The van der Waals surface area contributed by atoms with Crippen molar-refractivity contribution in [3.05, 3.63) is 53.5 Å². The predicted molar refractivity (Wildman–Crippen MR) is 96.5 cm³/mol. The molecule has 2 aromatic heterocycles. The van der Waals surface area contributed by atoms with Crippen molar-refractivity contribution in [2.45, 2.75) is 5.60 Å². The van der Waals surface area contributed by atoms with Crippen molar-refractivity contribution in [2.75, 3.05) is 13.2 Å². The molecule has 0 spiro atoms. The van der Waals surface area contributed by atoms with Gasteiger partial charge in [-0.25, -0.2) is 9.37 Å². The second kappa shape index (κ2) is 6.48. The highest BCUT2D eigenvalue weighted by atomic mass is 32.2. The Morgan fingerprint density at radius 3 is 2.59 bits per heavy atom. The van der Waals surface area contributed by atoms with Gasteiger partial charge in [0, 0.05) is 17.8 Å². The van der Waals surface area contributed by atoms with Crippen molar-refractivity contribution in [2.24, 2.45) is 10.9 Å². The number of oxime groups is 1. The number of amidine groups is 1. The molecule has 27 heavy (non-hydrogen) atoms. The molecule has 3 heterocycles. The van der Waals surface area contributed by atoms with Crippen LogP contribution in [0.1, 0.15) is 11.1 Å². The van der Waals surface area contributed by atoms with Gasteiger partial charge < -0.3 is 20.8 Å². The maximum absolute atomic E-state index is 14.6. The van der Waals surface area contributed by atoms with Crippen molar-refractivity contribution < 1.29 is 23.3 Å². The first-order valence-corrected chi connectivity index (χ1v) is 8.54. The number of benzene rings is 1. The van der Waals surface area contributed by atoms with E-state index in [1.807, 2.05) is 0 Å². The summed E-state index contributed by atoms with van der Waals surface area (Å²) in [5, 5.41) is 22.1. The standard InChI is InChI=1S/C17H14F2N4O3S/c18-12-5-13-15(11(16(20)22-25)6-23(13)27-19)21-14(12)9-1-3-10(4-2-9)17(24)7-26-8-17/h1-6,24-25H,7-8H2,(H2,20,22). The summed E-state index contributed by atoms with van der Waals surface area (Å²) in [5.41, 5.74) is 6.29. The zero-order valence-corrected chi connectivity index (χ0v) is 14.6. The summed E-state index contributed by atoms with van der Waals surface area (Å²) in [6.45, 7) is 0.422. The Labute approximate surface area is 156 Å². The normalized spacial score (nSPS) is 16.5. The average Bonchev–Trinajstić information content (AvgIpc) is 3.02. The Morgan fingerprint density at radius 1 is 1.33 bits per heavy atom. The van der Waals surface area contributed by atoms with E-state index in [2.05, 4.69) is 10.1 Å². The third kappa shape index (κ3) is 2.82. The molecule has 4 N–H and O–H groups in total. The monoisotopic (exact) mass is 392 g/mol. The molecular formula is C17H14F2N4O3S. The first-order valence-electron chi connectivity index (χ1n) is 7.86. The van der Waals surface area contributed by atoms with Crippen molar-refractivity contribution in [1.82, 2.24) is 8.96 Å². The topological polar surface area (TPSA) is 106 Å². The SMILES string of the molecule is N/C(=N\O)c1cn(SF)c2cc(F)c(-c3ccc(C4(O)COC4)cc3)nc12. The van der Waals surface area contributed by atoms with E-state index in [0.29, 0.717) is 11.1 Å². The third-order valence-electron chi connectivity index (χ3n) is 4.53. The first-order chi connectivity index (χ1) is 13.0. The van der Waals surface area contributed by atoms with Gasteiger partial charge in [0.25, 0.3) is 0 Å². The summed E-state index contributed by atoms with van der Waals surface area (Å²) in [6, 6.07) is 7.76. The van der Waals surface area contributed by atoms with E-state index >= 15 is 0 Å². The van der Waals surface area contributed by atoms with Gasteiger partial charge in [0.05, 0.1) is 24.3 Å². The molecular weight excluding hydrogens is 378 g/mol. The summed E-state index contributed by atoms with van der Waals surface area (Å²) < 4.78 is 33.8. The smallest absolute Gasteiger partial charge is 0.173 e. The van der Waals surface area contributed by atoms with Gasteiger partial charge in [0.15, 0.2) is 24.0 Å². The van der Waals surface area contributed by atoms with Gasteiger partial charge in [0.1, 0.15) is 16.8 Å². The van der Waals surface area contributed by atoms with Gasteiger partial charge in [-0.1, -0.05) is 29.4 Å². The number of hydrogen-bond acceptors (Lipinski definition) is 6. The number of hydrogen-bond donors (Lipinski definition) is 3. The van der Waals surface area contributed by atoms with Crippen LogP contribution in [0, 0.1) is 5.82 Å². The second-order valence-corrected chi connectivity index (χ2v) is 6.74. The van der Waals surface area contributed by atoms with E-state index in [4.69, 9.17) is 15.7 Å². The van der Waals surface area contributed by atoms with Crippen LogP contribution < -0.4 is 5.73 Å². The van der Waals surface area contributed by atoms with Crippen LogP contribution in [0.2, 0.25) is 0 Å². The van der Waals surface area contributed by atoms with Crippen LogP contribution in [0.3, 0.4) is 0 Å².